The number of amides is 1. The molecule has 29 heavy (non-hydrogen) atoms. The number of hydrogen-bond acceptors (Lipinski definition) is 4. The van der Waals surface area contributed by atoms with E-state index in [0.29, 0.717) is 39.6 Å². The zero-order chi connectivity index (χ0) is 20.5. The Labute approximate surface area is 174 Å². The molecule has 4 aromatic rings. The Hall–Kier alpha value is -3.19. The summed E-state index contributed by atoms with van der Waals surface area (Å²) < 4.78 is 25.0. The summed E-state index contributed by atoms with van der Waals surface area (Å²) in [5.41, 5.74) is 3.66. The van der Waals surface area contributed by atoms with Gasteiger partial charge in [0.2, 0.25) is 5.89 Å². The maximum atomic E-state index is 13.1. The van der Waals surface area contributed by atoms with E-state index in [0.717, 1.165) is 10.0 Å². The highest BCUT2D eigenvalue weighted by atomic mass is 79.9. The van der Waals surface area contributed by atoms with Crippen LogP contribution in [0.3, 0.4) is 0 Å². The number of rotatable bonds is 4. The van der Waals surface area contributed by atoms with Crippen LogP contribution in [0.1, 0.15) is 15.9 Å². The van der Waals surface area contributed by atoms with Crippen molar-refractivity contribution in [3.63, 3.8) is 0 Å². The van der Waals surface area contributed by atoms with Gasteiger partial charge in [-0.2, -0.15) is 0 Å². The van der Waals surface area contributed by atoms with Gasteiger partial charge < -0.3 is 14.5 Å². The summed E-state index contributed by atoms with van der Waals surface area (Å²) in [5, 5.41) is 2.86. The van der Waals surface area contributed by atoms with Crippen molar-refractivity contribution < 1.29 is 18.3 Å². The summed E-state index contributed by atoms with van der Waals surface area (Å²) in [7, 11) is 1.53. The van der Waals surface area contributed by atoms with Gasteiger partial charge in [0.25, 0.3) is 5.91 Å². The summed E-state index contributed by atoms with van der Waals surface area (Å²) >= 11 is 3.41. The first-order valence-electron chi connectivity index (χ1n) is 8.76. The first-order valence-corrected chi connectivity index (χ1v) is 9.56. The van der Waals surface area contributed by atoms with Gasteiger partial charge in [-0.15, -0.1) is 0 Å². The minimum atomic E-state index is -0.326. The zero-order valence-corrected chi connectivity index (χ0v) is 17.2. The first-order chi connectivity index (χ1) is 13.9. The molecule has 4 rings (SSSR count). The predicted molar refractivity (Wildman–Crippen MR) is 113 cm³/mol. The molecule has 7 heteroatoms. The van der Waals surface area contributed by atoms with Crippen LogP contribution in [0.5, 0.6) is 5.75 Å². The Morgan fingerprint density at radius 3 is 2.62 bits per heavy atom. The highest BCUT2D eigenvalue weighted by molar-refractivity contribution is 9.10. The fourth-order valence-electron chi connectivity index (χ4n) is 3.09. The molecule has 0 aliphatic heterocycles. The number of carbonyl (C=O) groups excluding carboxylic acids is 1. The SMILES string of the molecule is COc1c(C)cc(Br)cc1C(=O)Nc1ccc2oc(-c3ccc(F)cc3)nc2c1. The molecule has 5 nitrogen and oxygen atoms in total. The molecule has 1 amide bonds. The number of nitrogens with zero attached hydrogens (tertiary/aromatic N) is 1. The van der Waals surface area contributed by atoms with Gasteiger partial charge >= 0.3 is 0 Å². The van der Waals surface area contributed by atoms with Crippen molar-refractivity contribution in [2.75, 3.05) is 12.4 Å². The summed E-state index contributed by atoms with van der Waals surface area (Å²) in [6.45, 7) is 1.87. The summed E-state index contributed by atoms with van der Waals surface area (Å²) in [6, 6.07) is 14.7. The number of ether oxygens (including phenoxy) is 1. The molecule has 0 bridgehead atoms. The maximum Gasteiger partial charge on any atom is 0.259 e. The van der Waals surface area contributed by atoms with Crippen molar-refractivity contribution in [3.8, 4) is 17.2 Å². The topological polar surface area (TPSA) is 64.4 Å². The van der Waals surface area contributed by atoms with Crippen LogP contribution in [0, 0.1) is 12.7 Å². The summed E-state index contributed by atoms with van der Waals surface area (Å²) in [6.07, 6.45) is 0. The molecular weight excluding hydrogens is 439 g/mol. The highest BCUT2D eigenvalue weighted by Gasteiger charge is 2.17. The second-order valence-corrected chi connectivity index (χ2v) is 7.38. The normalized spacial score (nSPS) is 10.9. The predicted octanol–water partition coefficient (Wildman–Crippen LogP) is 5.97. The molecule has 146 valence electrons. The van der Waals surface area contributed by atoms with Crippen LogP contribution >= 0.6 is 15.9 Å². The molecule has 3 aromatic carbocycles. The van der Waals surface area contributed by atoms with Crippen molar-refractivity contribution in [2.45, 2.75) is 6.92 Å². The summed E-state index contributed by atoms with van der Waals surface area (Å²) in [5.74, 6) is 0.278. The molecule has 0 saturated heterocycles. The first kappa shape index (κ1) is 19.1. The van der Waals surface area contributed by atoms with Gasteiger partial charge in [0.15, 0.2) is 5.58 Å². The molecule has 0 unspecified atom stereocenters. The van der Waals surface area contributed by atoms with E-state index in [2.05, 4.69) is 26.2 Å². The van der Waals surface area contributed by atoms with Crippen molar-refractivity contribution in [2.24, 2.45) is 0 Å². The van der Waals surface area contributed by atoms with E-state index >= 15 is 0 Å². The third-order valence-corrected chi connectivity index (χ3v) is 4.88. The third-order valence-electron chi connectivity index (χ3n) is 4.42. The van der Waals surface area contributed by atoms with E-state index in [1.165, 1.54) is 19.2 Å². The Morgan fingerprint density at radius 1 is 1.14 bits per heavy atom. The number of anilines is 1. The fourth-order valence-corrected chi connectivity index (χ4v) is 3.66. The summed E-state index contributed by atoms with van der Waals surface area (Å²) in [4.78, 5) is 17.2. The lowest BCUT2D eigenvalue weighted by atomic mass is 10.1. The van der Waals surface area contributed by atoms with E-state index in [4.69, 9.17) is 9.15 Å². The van der Waals surface area contributed by atoms with Crippen molar-refractivity contribution in [1.29, 1.82) is 0 Å². The Bertz CT molecular complexity index is 1220. The Balaban J connectivity index is 1.64. The minimum absolute atomic E-state index is 0.298. The average molecular weight is 455 g/mol. The standard InChI is InChI=1S/C22H16BrFN2O3/c1-12-9-14(23)10-17(20(12)28-2)21(27)25-16-7-8-19-18(11-16)26-22(29-19)13-3-5-15(24)6-4-13/h3-11H,1-2H3,(H,25,27). The molecule has 0 aliphatic carbocycles. The number of methoxy groups -OCH3 is 1. The maximum absolute atomic E-state index is 13.1. The number of aryl methyl sites for hydroxylation is 1. The van der Waals surface area contributed by atoms with Crippen molar-refractivity contribution in [3.05, 3.63) is 76.0 Å². The smallest absolute Gasteiger partial charge is 0.259 e. The number of nitrogens with one attached hydrogen (secondary N) is 1. The lowest BCUT2D eigenvalue weighted by molar-refractivity contribution is 0.102. The fraction of sp³-hybridized carbons (Fsp3) is 0.0909. The van der Waals surface area contributed by atoms with Crippen LogP contribution in [0.2, 0.25) is 0 Å². The molecule has 1 aromatic heterocycles. The van der Waals surface area contributed by atoms with Gasteiger partial charge in [-0.3, -0.25) is 4.79 Å². The molecule has 1 N–H and O–H groups in total. The quantitative estimate of drug-likeness (QED) is 0.412. The van der Waals surface area contributed by atoms with Crippen LogP contribution in [-0.2, 0) is 0 Å². The molecule has 1 heterocycles. The molecular formula is C22H16BrFN2O3. The number of fused-ring (bicyclic) bond motifs is 1. The van der Waals surface area contributed by atoms with Gasteiger partial charge in [0, 0.05) is 15.7 Å². The zero-order valence-electron chi connectivity index (χ0n) is 15.6. The third kappa shape index (κ3) is 3.86. The van der Waals surface area contributed by atoms with E-state index in [9.17, 15) is 9.18 Å². The number of halogens is 2. The number of benzene rings is 3. The minimum Gasteiger partial charge on any atom is -0.496 e. The van der Waals surface area contributed by atoms with Crippen LogP contribution in [0.4, 0.5) is 10.1 Å². The van der Waals surface area contributed by atoms with Gasteiger partial charge in [-0.1, -0.05) is 15.9 Å². The average Bonchev–Trinajstić information content (AvgIpc) is 3.11. The molecule has 0 saturated carbocycles. The molecule has 0 fully saturated rings. The van der Waals surface area contributed by atoms with Crippen LogP contribution in [0.25, 0.3) is 22.6 Å². The number of aromatic nitrogens is 1. The van der Waals surface area contributed by atoms with E-state index < -0.39 is 0 Å². The van der Waals surface area contributed by atoms with Crippen molar-refractivity contribution >= 4 is 38.6 Å². The van der Waals surface area contributed by atoms with Crippen LogP contribution < -0.4 is 10.1 Å². The second-order valence-electron chi connectivity index (χ2n) is 6.47. The highest BCUT2D eigenvalue weighted by Crippen LogP contribution is 2.30. The lowest BCUT2D eigenvalue weighted by Crippen LogP contribution is -2.13. The number of carbonyl (C=O) groups is 1. The molecule has 0 atom stereocenters. The second kappa shape index (κ2) is 7.67. The molecule has 0 aliphatic rings. The van der Waals surface area contributed by atoms with E-state index in [-0.39, 0.29) is 11.7 Å². The largest absolute Gasteiger partial charge is 0.496 e. The van der Waals surface area contributed by atoms with E-state index in [1.807, 2.05) is 13.0 Å². The molecule has 0 spiro atoms. The van der Waals surface area contributed by atoms with Gasteiger partial charge in [-0.05, 0) is 67.1 Å². The number of hydrogen-bond donors (Lipinski definition) is 1. The van der Waals surface area contributed by atoms with E-state index in [1.54, 1.807) is 36.4 Å². The van der Waals surface area contributed by atoms with Gasteiger partial charge in [0.1, 0.15) is 17.1 Å². The Kier molecular flexibility index (Phi) is 5.07. The lowest BCUT2D eigenvalue weighted by Gasteiger charge is -2.12. The van der Waals surface area contributed by atoms with Crippen LogP contribution in [-0.4, -0.2) is 18.0 Å². The van der Waals surface area contributed by atoms with Gasteiger partial charge in [0.05, 0.1) is 12.7 Å². The monoisotopic (exact) mass is 454 g/mol. The molecule has 0 radical (unpaired) electrons. The van der Waals surface area contributed by atoms with Gasteiger partial charge in [-0.25, -0.2) is 9.37 Å². The van der Waals surface area contributed by atoms with Crippen LogP contribution in [0.15, 0.2) is 63.5 Å². The Morgan fingerprint density at radius 2 is 1.90 bits per heavy atom. The number of oxazole rings is 1. The van der Waals surface area contributed by atoms with Crippen molar-refractivity contribution in [1.82, 2.24) is 4.98 Å².